The van der Waals surface area contributed by atoms with Crippen LogP contribution in [0, 0.1) is 0 Å². The molecule has 5 heteroatoms. The molecule has 0 amide bonds. The molecule has 0 spiro atoms. The van der Waals surface area contributed by atoms with E-state index in [9.17, 15) is 8.42 Å². The lowest BCUT2D eigenvalue weighted by molar-refractivity contribution is 0.143. The van der Waals surface area contributed by atoms with Crippen molar-refractivity contribution in [2.45, 2.75) is 44.4 Å². The van der Waals surface area contributed by atoms with Crippen LogP contribution in [0.3, 0.4) is 0 Å². The topological polar surface area (TPSA) is 37.4 Å². The zero-order valence-corrected chi connectivity index (χ0v) is 11.7. The largest absolute Gasteiger partial charge is 0.298 e. The molecular weight excluding hydrogens is 246 g/mol. The fourth-order valence-electron chi connectivity index (χ4n) is 1.82. The number of rotatable bonds is 7. The first-order valence-electron chi connectivity index (χ1n) is 5.99. The lowest BCUT2D eigenvalue weighted by atomic mass is 9.91. The van der Waals surface area contributed by atoms with E-state index in [0.717, 1.165) is 6.54 Å². The lowest BCUT2D eigenvalue weighted by Crippen LogP contribution is -2.44. The molecule has 0 atom stereocenters. The van der Waals surface area contributed by atoms with Crippen LogP contribution in [0.5, 0.6) is 0 Å². The minimum absolute atomic E-state index is 0.262. The molecule has 0 heterocycles. The van der Waals surface area contributed by atoms with E-state index in [1.165, 1.54) is 19.3 Å². The van der Waals surface area contributed by atoms with Crippen LogP contribution in [-0.4, -0.2) is 49.3 Å². The van der Waals surface area contributed by atoms with Crippen molar-refractivity contribution in [1.82, 2.24) is 4.90 Å². The van der Waals surface area contributed by atoms with Gasteiger partial charge >= 0.3 is 0 Å². The number of hydrogen-bond donors (Lipinski definition) is 0. The van der Waals surface area contributed by atoms with Gasteiger partial charge in [-0.15, -0.1) is 11.6 Å². The van der Waals surface area contributed by atoms with Crippen LogP contribution in [0.1, 0.15) is 33.1 Å². The van der Waals surface area contributed by atoms with Crippen molar-refractivity contribution in [3.63, 3.8) is 0 Å². The highest BCUT2D eigenvalue weighted by Gasteiger charge is 2.26. The summed E-state index contributed by atoms with van der Waals surface area (Å²) in [5, 5.41) is -0.272. The molecule has 1 fully saturated rings. The van der Waals surface area contributed by atoms with Crippen molar-refractivity contribution in [3.05, 3.63) is 0 Å². The lowest BCUT2D eigenvalue weighted by Gasteiger charge is -2.37. The molecule has 0 bridgehead atoms. The maximum Gasteiger partial charge on any atom is 0.153 e. The Hall–Kier alpha value is 0.200. The van der Waals surface area contributed by atoms with Crippen LogP contribution in [0.15, 0.2) is 0 Å². The first-order chi connectivity index (χ1) is 7.47. The molecule has 0 N–H and O–H groups in total. The SMILES string of the molecule is CC(C)S(=O)(=O)CCN(CCCl)C1CCC1. The summed E-state index contributed by atoms with van der Waals surface area (Å²) in [5.41, 5.74) is 0. The van der Waals surface area contributed by atoms with E-state index in [0.29, 0.717) is 18.5 Å². The Labute approximate surface area is 104 Å². The normalized spacial score (nSPS) is 18.1. The summed E-state index contributed by atoms with van der Waals surface area (Å²) < 4.78 is 23.4. The molecule has 1 saturated carbocycles. The third kappa shape index (κ3) is 3.90. The molecule has 1 aliphatic rings. The maximum absolute atomic E-state index is 11.7. The minimum Gasteiger partial charge on any atom is -0.298 e. The molecule has 1 aliphatic carbocycles. The molecule has 3 nitrogen and oxygen atoms in total. The molecule has 0 aliphatic heterocycles. The van der Waals surface area contributed by atoms with E-state index >= 15 is 0 Å². The van der Waals surface area contributed by atoms with Gasteiger partial charge in [-0.05, 0) is 26.7 Å². The summed E-state index contributed by atoms with van der Waals surface area (Å²) in [4.78, 5) is 2.23. The van der Waals surface area contributed by atoms with Crippen LogP contribution < -0.4 is 0 Å². The van der Waals surface area contributed by atoms with E-state index < -0.39 is 9.84 Å². The van der Waals surface area contributed by atoms with E-state index in [2.05, 4.69) is 4.90 Å². The van der Waals surface area contributed by atoms with Gasteiger partial charge in [-0.1, -0.05) is 6.42 Å². The summed E-state index contributed by atoms with van der Waals surface area (Å²) in [7, 11) is -2.91. The monoisotopic (exact) mass is 267 g/mol. The van der Waals surface area contributed by atoms with Crippen molar-refractivity contribution >= 4 is 21.4 Å². The van der Waals surface area contributed by atoms with Gasteiger partial charge in [0.05, 0.1) is 11.0 Å². The molecular formula is C11H22ClNO2S. The smallest absolute Gasteiger partial charge is 0.153 e. The Morgan fingerprint density at radius 2 is 1.94 bits per heavy atom. The van der Waals surface area contributed by atoms with Gasteiger partial charge in [0.2, 0.25) is 0 Å². The third-order valence-electron chi connectivity index (χ3n) is 3.34. The average molecular weight is 268 g/mol. The van der Waals surface area contributed by atoms with Crippen LogP contribution in [0.25, 0.3) is 0 Å². The Bertz CT molecular complexity index is 299. The van der Waals surface area contributed by atoms with Crippen molar-refractivity contribution in [3.8, 4) is 0 Å². The Balaban J connectivity index is 2.43. The molecule has 0 aromatic heterocycles. The predicted molar refractivity (Wildman–Crippen MR) is 68.9 cm³/mol. The number of hydrogen-bond acceptors (Lipinski definition) is 3. The molecule has 96 valence electrons. The zero-order chi connectivity index (χ0) is 12.2. The van der Waals surface area contributed by atoms with Gasteiger partial charge < -0.3 is 0 Å². The highest BCUT2D eigenvalue weighted by molar-refractivity contribution is 7.92. The highest BCUT2D eigenvalue weighted by Crippen LogP contribution is 2.24. The van der Waals surface area contributed by atoms with Crippen molar-refractivity contribution < 1.29 is 8.42 Å². The summed E-state index contributed by atoms with van der Waals surface area (Å²) >= 11 is 5.74. The second-order valence-corrected chi connectivity index (χ2v) is 7.78. The Morgan fingerprint density at radius 3 is 2.31 bits per heavy atom. The summed E-state index contributed by atoms with van der Waals surface area (Å²) in [6.45, 7) is 4.92. The summed E-state index contributed by atoms with van der Waals surface area (Å²) in [6, 6.07) is 0.570. The second-order valence-electron chi connectivity index (χ2n) is 4.73. The minimum atomic E-state index is -2.91. The molecule has 0 radical (unpaired) electrons. The molecule has 16 heavy (non-hydrogen) atoms. The van der Waals surface area contributed by atoms with Crippen LogP contribution in [0.2, 0.25) is 0 Å². The molecule has 0 unspecified atom stereocenters. The van der Waals surface area contributed by atoms with Gasteiger partial charge in [-0.25, -0.2) is 8.42 Å². The maximum atomic E-state index is 11.7. The second kappa shape index (κ2) is 6.22. The van der Waals surface area contributed by atoms with Crippen molar-refractivity contribution in [2.75, 3.05) is 24.7 Å². The van der Waals surface area contributed by atoms with Gasteiger partial charge in [0.15, 0.2) is 9.84 Å². The molecule has 0 aromatic rings. The summed E-state index contributed by atoms with van der Waals surface area (Å²) in [6.07, 6.45) is 3.65. The van der Waals surface area contributed by atoms with Gasteiger partial charge in [-0.3, -0.25) is 4.90 Å². The van der Waals surface area contributed by atoms with Crippen LogP contribution in [0.4, 0.5) is 0 Å². The Morgan fingerprint density at radius 1 is 1.31 bits per heavy atom. The molecule has 0 saturated heterocycles. The third-order valence-corrected chi connectivity index (χ3v) is 5.70. The molecule has 1 rings (SSSR count). The first-order valence-corrected chi connectivity index (χ1v) is 8.24. The van der Waals surface area contributed by atoms with Gasteiger partial charge in [0.25, 0.3) is 0 Å². The average Bonchev–Trinajstić information content (AvgIpc) is 2.11. The van der Waals surface area contributed by atoms with E-state index in [1.54, 1.807) is 13.8 Å². The van der Waals surface area contributed by atoms with E-state index in [4.69, 9.17) is 11.6 Å². The number of halogens is 1. The zero-order valence-electron chi connectivity index (χ0n) is 10.2. The van der Waals surface area contributed by atoms with Crippen LogP contribution >= 0.6 is 11.6 Å². The highest BCUT2D eigenvalue weighted by atomic mass is 35.5. The van der Waals surface area contributed by atoms with Gasteiger partial charge in [0, 0.05) is 25.0 Å². The standard InChI is InChI=1S/C11H22ClNO2S/c1-10(2)16(14,15)9-8-13(7-6-12)11-4-3-5-11/h10-11H,3-9H2,1-2H3. The van der Waals surface area contributed by atoms with E-state index in [1.807, 2.05) is 0 Å². The van der Waals surface area contributed by atoms with Gasteiger partial charge in [0.1, 0.15) is 0 Å². The summed E-state index contributed by atoms with van der Waals surface area (Å²) in [5.74, 6) is 0.844. The Kier molecular flexibility index (Phi) is 5.54. The number of alkyl halides is 1. The van der Waals surface area contributed by atoms with Crippen molar-refractivity contribution in [1.29, 1.82) is 0 Å². The number of sulfone groups is 1. The van der Waals surface area contributed by atoms with Crippen molar-refractivity contribution in [2.24, 2.45) is 0 Å². The molecule has 0 aromatic carbocycles. The quantitative estimate of drug-likeness (QED) is 0.661. The fourth-order valence-corrected chi connectivity index (χ4v) is 3.00. The van der Waals surface area contributed by atoms with E-state index in [-0.39, 0.29) is 11.0 Å². The first kappa shape index (κ1) is 14.3. The van der Waals surface area contributed by atoms with Crippen LogP contribution in [-0.2, 0) is 9.84 Å². The number of nitrogens with zero attached hydrogens (tertiary/aromatic N) is 1. The fraction of sp³-hybridized carbons (Fsp3) is 1.00. The predicted octanol–water partition coefficient (Wildman–Crippen LogP) is 1.90. The van der Waals surface area contributed by atoms with Gasteiger partial charge in [-0.2, -0.15) is 0 Å².